The fourth-order valence-corrected chi connectivity index (χ4v) is 5.74. The molecule has 3 N–H and O–H groups in total. The zero-order valence-corrected chi connectivity index (χ0v) is 21.8. The van der Waals surface area contributed by atoms with E-state index in [0.29, 0.717) is 30.5 Å². The average Bonchev–Trinajstić information content (AvgIpc) is 3.56. The molecule has 198 valence electrons. The van der Waals surface area contributed by atoms with Crippen molar-refractivity contribution in [3.8, 4) is 0 Å². The van der Waals surface area contributed by atoms with Crippen LogP contribution in [0.2, 0.25) is 0 Å². The van der Waals surface area contributed by atoms with Gasteiger partial charge in [0.2, 0.25) is 0 Å². The Balaban J connectivity index is 1.22. The van der Waals surface area contributed by atoms with Crippen molar-refractivity contribution < 1.29 is 19.1 Å². The molecule has 0 radical (unpaired) electrons. The van der Waals surface area contributed by atoms with E-state index < -0.39 is 5.54 Å². The third-order valence-electron chi connectivity index (χ3n) is 8.03. The predicted molar refractivity (Wildman–Crippen MR) is 134 cm³/mol. The highest BCUT2D eigenvalue weighted by molar-refractivity contribution is 6.03. The molecular weight excluding hydrogens is 462 g/mol. The van der Waals surface area contributed by atoms with Crippen LogP contribution in [0.25, 0.3) is 0 Å². The molecule has 3 amide bonds. The van der Waals surface area contributed by atoms with Crippen LogP contribution < -0.4 is 10.6 Å². The molecule has 0 spiro atoms. The Bertz CT molecular complexity index is 1020. The van der Waals surface area contributed by atoms with E-state index in [-0.39, 0.29) is 24.2 Å². The van der Waals surface area contributed by atoms with Gasteiger partial charge in [0.25, 0.3) is 5.91 Å². The minimum Gasteiger partial charge on any atom is -0.476 e. The molecule has 0 saturated carbocycles. The maximum Gasteiger partial charge on any atom is 0.321 e. The Morgan fingerprint density at radius 3 is 2.72 bits per heavy atom. The fourth-order valence-electron chi connectivity index (χ4n) is 5.74. The summed E-state index contributed by atoms with van der Waals surface area (Å²) in [4.78, 5) is 32.9. The van der Waals surface area contributed by atoms with Crippen molar-refractivity contribution in [2.24, 2.45) is 5.92 Å². The van der Waals surface area contributed by atoms with Crippen molar-refractivity contribution in [3.63, 3.8) is 0 Å². The van der Waals surface area contributed by atoms with Crippen molar-refractivity contribution in [1.29, 1.82) is 0 Å². The first-order chi connectivity index (χ1) is 17.3. The normalized spacial score (nSPS) is 26.3. The summed E-state index contributed by atoms with van der Waals surface area (Å²) in [7, 11) is 0. The van der Waals surface area contributed by atoms with E-state index in [1.165, 1.54) is 6.26 Å². The van der Waals surface area contributed by atoms with Gasteiger partial charge in [-0.3, -0.25) is 14.8 Å². The van der Waals surface area contributed by atoms with Gasteiger partial charge in [-0.15, -0.1) is 0 Å². The zero-order valence-electron chi connectivity index (χ0n) is 21.8. The van der Waals surface area contributed by atoms with E-state index in [1.54, 1.807) is 0 Å². The SMILES string of the molecule is CCC1NC(C(=O)Nc2n[nH]c3c2CN(C(=O)N2CCN(CC4CCOCC4)C[C@@H]2C)C3(C)C)=CO1. The number of aromatic nitrogens is 2. The molecule has 0 aromatic carbocycles. The molecule has 36 heavy (non-hydrogen) atoms. The number of rotatable bonds is 5. The number of carbonyl (C=O) groups is 2. The summed E-state index contributed by atoms with van der Waals surface area (Å²) in [5.41, 5.74) is 1.51. The number of carbonyl (C=O) groups excluding carboxylic acids is 2. The Kier molecular flexibility index (Phi) is 6.86. The van der Waals surface area contributed by atoms with Crippen LogP contribution in [0.5, 0.6) is 0 Å². The van der Waals surface area contributed by atoms with Crippen LogP contribution in [0, 0.1) is 5.92 Å². The van der Waals surface area contributed by atoms with Crippen LogP contribution in [0.15, 0.2) is 12.0 Å². The number of piperazine rings is 1. The summed E-state index contributed by atoms with van der Waals surface area (Å²) >= 11 is 0. The summed E-state index contributed by atoms with van der Waals surface area (Å²) in [6.07, 6.45) is 4.25. The third-order valence-corrected chi connectivity index (χ3v) is 8.03. The second-order valence-electron chi connectivity index (χ2n) is 10.9. The highest BCUT2D eigenvalue weighted by atomic mass is 16.5. The molecule has 0 aliphatic carbocycles. The molecule has 4 aliphatic heterocycles. The van der Waals surface area contributed by atoms with Gasteiger partial charge >= 0.3 is 6.03 Å². The molecule has 2 atom stereocenters. The van der Waals surface area contributed by atoms with Crippen molar-refractivity contribution >= 4 is 17.8 Å². The lowest BCUT2D eigenvalue weighted by Gasteiger charge is -2.44. The lowest BCUT2D eigenvalue weighted by molar-refractivity contribution is -0.113. The summed E-state index contributed by atoms with van der Waals surface area (Å²) in [5, 5.41) is 13.4. The highest BCUT2D eigenvalue weighted by Gasteiger charge is 2.46. The summed E-state index contributed by atoms with van der Waals surface area (Å²) < 4.78 is 10.9. The molecule has 2 fully saturated rings. The maximum absolute atomic E-state index is 13.8. The molecule has 11 heteroatoms. The van der Waals surface area contributed by atoms with Crippen molar-refractivity contribution in [2.45, 2.75) is 71.3 Å². The lowest BCUT2D eigenvalue weighted by atomic mass is 9.99. The number of aromatic amines is 1. The van der Waals surface area contributed by atoms with Crippen LogP contribution >= 0.6 is 0 Å². The second-order valence-corrected chi connectivity index (χ2v) is 10.9. The number of hydrogen-bond acceptors (Lipinski definition) is 7. The zero-order chi connectivity index (χ0) is 25.4. The minimum absolute atomic E-state index is 0.0273. The minimum atomic E-state index is -0.567. The number of hydrogen-bond donors (Lipinski definition) is 3. The lowest BCUT2D eigenvalue weighted by Crippen LogP contribution is -2.59. The van der Waals surface area contributed by atoms with Gasteiger partial charge in [-0.05, 0) is 39.5 Å². The van der Waals surface area contributed by atoms with E-state index in [0.717, 1.165) is 63.4 Å². The third kappa shape index (κ3) is 4.66. The van der Waals surface area contributed by atoms with Gasteiger partial charge in [-0.1, -0.05) is 6.92 Å². The molecule has 5 rings (SSSR count). The molecule has 1 unspecified atom stereocenters. The molecule has 5 heterocycles. The first kappa shape index (κ1) is 24.9. The van der Waals surface area contributed by atoms with Gasteiger partial charge in [0.1, 0.15) is 12.0 Å². The number of urea groups is 1. The number of nitrogens with one attached hydrogen (secondary N) is 3. The number of nitrogens with zero attached hydrogens (tertiary/aromatic N) is 4. The van der Waals surface area contributed by atoms with Gasteiger partial charge in [0.05, 0.1) is 17.8 Å². The van der Waals surface area contributed by atoms with Crippen LogP contribution in [-0.4, -0.2) is 88.5 Å². The van der Waals surface area contributed by atoms with E-state index in [4.69, 9.17) is 9.47 Å². The number of ether oxygens (including phenoxy) is 2. The molecule has 2 saturated heterocycles. The van der Waals surface area contributed by atoms with E-state index in [2.05, 4.69) is 32.7 Å². The molecule has 0 bridgehead atoms. The Hall–Kier alpha value is -2.79. The number of anilines is 1. The quantitative estimate of drug-likeness (QED) is 0.566. The van der Waals surface area contributed by atoms with Gasteiger partial charge in [-0.2, -0.15) is 5.10 Å². The summed E-state index contributed by atoms with van der Waals surface area (Å²) in [6.45, 7) is 13.8. The number of amides is 3. The highest BCUT2D eigenvalue weighted by Crippen LogP contribution is 2.41. The summed E-state index contributed by atoms with van der Waals surface area (Å²) in [5.74, 6) is 0.832. The van der Waals surface area contributed by atoms with Crippen LogP contribution in [0.4, 0.5) is 10.6 Å². The van der Waals surface area contributed by atoms with Crippen molar-refractivity contribution in [1.82, 2.24) is 30.2 Å². The van der Waals surface area contributed by atoms with Gasteiger partial charge in [0, 0.05) is 57.4 Å². The smallest absolute Gasteiger partial charge is 0.321 e. The fraction of sp³-hybridized carbons (Fsp3) is 0.720. The molecule has 1 aromatic rings. The van der Waals surface area contributed by atoms with Gasteiger partial charge in [0.15, 0.2) is 12.0 Å². The van der Waals surface area contributed by atoms with Crippen molar-refractivity contribution in [2.75, 3.05) is 44.7 Å². The Morgan fingerprint density at radius 2 is 2.03 bits per heavy atom. The standard InChI is InChI=1S/C25H39N7O4/c1-5-20-26-19(15-36-20)23(33)27-22-18-14-32(25(3,4)21(18)28-29-22)24(34)31-9-8-30(12-16(31)2)13-17-6-10-35-11-7-17/h15-17,20,26H,5-14H2,1-4H3,(H2,27,28,29,33)/t16-,20?/m0/s1. The first-order valence-corrected chi connectivity index (χ1v) is 13.2. The number of fused-ring (bicyclic) bond motifs is 1. The summed E-state index contributed by atoms with van der Waals surface area (Å²) in [6, 6.07) is 0.157. The molecular formula is C25H39N7O4. The Labute approximate surface area is 212 Å². The van der Waals surface area contributed by atoms with E-state index >= 15 is 0 Å². The average molecular weight is 502 g/mol. The van der Waals surface area contributed by atoms with E-state index in [1.807, 2.05) is 30.6 Å². The number of H-pyrrole nitrogens is 1. The maximum atomic E-state index is 13.8. The van der Waals surface area contributed by atoms with E-state index in [9.17, 15) is 9.59 Å². The first-order valence-electron chi connectivity index (χ1n) is 13.2. The molecule has 4 aliphatic rings. The van der Waals surface area contributed by atoms with Gasteiger partial charge < -0.3 is 29.9 Å². The van der Waals surface area contributed by atoms with Crippen LogP contribution in [0.3, 0.4) is 0 Å². The Morgan fingerprint density at radius 1 is 1.25 bits per heavy atom. The molecule has 1 aromatic heterocycles. The monoisotopic (exact) mass is 501 g/mol. The van der Waals surface area contributed by atoms with Crippen LogP contribution in [0.1, 0.15) is 58.2 Å². The molecule has 11 nitrogen and oxygen atoms in total. The predicted octanol–water partition coefficient (Wildman–Crippen LogP) is 2.15. The van der Waals surface area contributed by atoms with Crippen LogP contribution in [-0.2, 0) is 26.4 Å². The second kappa shape index (κ2) is 9.93. The largest absolute Gasteiger partial charge is 0.476 e. The van der Waals surface area contributed by atoms with Crippen molar-refractivity contribution in [3.05, 3.63) is 23.2 Å². The van der Waals surface area contributed by atoms with Gasteiger partial charge in [-0.25, -0.2) is 4.79 Å². The topological polar surface area (TPSA) is 115 Å².